The van der Waals surface area contributed by atoms with Gasteiger partial charge in [-0.05, 0) is 19.4 Å². The van der Waals surface area contributed by atoms with Gasteiger partial charge in [0.05, 0.1) is 5.75 Å². The molecule has 1 rings (SSSR count). The predicted molar refractivity (Wildman–Crippen MR) is 67.2 cm³/mol. The summed E-state index contributed by atoms with van der Waals surface area (Å²) in [4.78, 5) is 2.34. The van der Waals surface area contributed by atoms with Gasteiger partial charge in [0.1, 0.15) is 0 Å². The van der Waals surface area contributed by atoms with Gasteiger partial charge in [-0.1, -0.05) is 6.92 Å². The molecule has 90 valence electrons. The molecule has 15 heavy (non-hydrogen) atoms. The van der Waals surface area contributed by atoms with Gasteiger partial charge < -0.3 is 4.90 Å². The molecule has 3 nitrogen and oxygen atoms in total. The summed E-state index contributed by atoms with van der Waals surface area (Å²) in [6, 6.07) is 0. The lowest BCUT2D eigenvalue weighted by Gasteiger charge is -2.31. The van der Waals surface area contributed by atoms with Crippen molar-refractivity contribution in [2.75, 3.05) is 31.1 Å². The van der Waals surface area contributed by atoms with Gasteiger partial charge in [0, 0.05) is 34.8 Å². The predicted octanol–water partition coefficient (Wildman–Crippen LogP) is 1.77. The third-order valence-corrected chi connectivity index (χ3v) is 5.15. The number of nitrogens with zero attached hydrogens (tertiary/aromatic N) is 1. The van der Waals surface area contributed by atoms with Crippen LogP contribution in [0.1, 0.15) is 19.8 Å². The van der Waals surface area contributed by atoms with Gasteiger partial charge in [-0.2, -0.15) is 11.8 Å². The SMILES string of the molecule is CCC1CN(CCCS(=O)(=O)Cl)CCS1. The Hall–Kier alpha value is 0.550. The zero-order valence-corrected chi connectivity index (χ0v) is 11.4. The summed E-state index contributed by atoms with van der Waals surface area (Å²) >= 11 is 2.02. The minimum atomic E-state index is -3.30. The van der Waals surface area contributed by atoms with E-state index >= 15 is 0 Å². The first-order chi connectivity index (χ1) is 7.01. The van der Waals surface area contributed by atoms with Crippen molar-refractivity contribution in [2.24, 2.45) is 0 Å². The van der Waals surface area contributed by atoms with Crippen molar-refractivity contribution in [1.82, 2.24) is 4.90 Å². The lowest BCUT2D eigenvalue weighted by molar-refractivity contribution is 0.282. The monoisotopic (exact) mass is 271 g/mol. The number of hydrogen-bond acceptors (Lipinski definition) is 4. The van der Waals surface area contributed by atoms with Gasteiger partial charge in [0.25, 0.3) is 0 Å². The summed E-state index contributed by atoms with van der Waals surface area (Å²) in [6.45, 7) is 5.21. The first kappa shape index (κ1) is 13.6. The van der Waals surface area contributed by atoms with Crippen LogP contribution in [0.25, 0.3) is 0 Å². The molecule has 0 aromatic heterocycles. The van der Waals surface area contributed by atoms with Crippen LogP contribution < -0.4 is 0 Å². The Morgan fingerprint density at radius 1 is 1.53 bits per heavy atom. The molecule has 0 saturated carbocycles. The van der Waals surface area contributed by atoms with E-state index in [-0.39, 0.29) is 5.75 Å². The maximum atomic E-state index is 10.7. The molecule has 1 heterocycles. The molecule has 1 unspecified atom stereocenters. The molecule has 1 saturated heterocycles. The van der Waals surface area contributed by atoms with Crippen LogP contribution in [0.4, 0.5) is 0 Å². The van der Waals surface area contributed by atoms with Crippen LogP contribution in [0.3, 0.4) is 0 Å². The van der Waals surface area contributed by atoms with E-state index in [1.54, 1.807) is 0 Å². The number of rotatable bonds is 5. The molecule has 1 atom stereocenters. The minimum Gasteiger partial charge on any atom is -0.301 e. The van der Waals surface area contributed by atoms with Gasteiger partial charge >= 0.3 is 0 Å². The Balaban J connectivity index is 2.21. The molecule has 0 amide bonds. The maximum absolute atomic E-state index is 10.7. The molecule has 0 bridgehead atoms. The van der Waals surface area contributed by atoms with Crippen LogP contribution in [-0.4, -0.2) is 49.7 Å². The second kappa shape index (κ2) is 6.33. The molecule has 0 aliphatic carbocycles. The molecule has 0 aromatic carbocycles. The van der Waals surface area contributed by atoms with Crippen molar-refractivity contribution < 1.29 is 8.42 Å². The second-order valence-corrected chi connectivity index (χ2v) is 8.10. The quantitative estimate of drug-likeness (QED) is 0.715. The van der Waals surface area contributed by atoms with Crippen LogP contribution >= 0.6 is 22.4 Å². The van der Waals surface area contributed by atoms with E-state index in [9.17, 15) is 8.42 Å². The fourth-order valence-corrected chi connectivity index (χ4v) is 3.74. The lowest BCUT2D eigenvalue weighted by Crippen LogP contribution is -2.38. The summed E-state index contributed by atoms with van der Waals surface area (Å²) < 4.78 is 21.5. The lowest BCUT2D eigenvalue weighted by atomic mass is 10.3. The molecule has 0 N–H and O–H groups in total. The summed E-state index contributed by atoms with van der Waals surface area (Å²) in [5.41, 5.74) is 0. The van der Waals surface area contributed by atoms with E-state index in [0.29, 0.717) is 11.7 Å². The Morgan fingerprint density at radius 3 is 2.87 bits per heavy atom. The summed E-state index contributed by atoms with van der Waals surface area (Å²) in [5.74, 6) is 1.25. The standard InChI is InChI=1S/C9H18ClNO2S2/c1-2-9-8-11(5-6-14-9)4-3-7-15(10,12)13/h9H,2-8H2,1H3. The van der Waals surface area contributed by atoms with E-state index in [1.165, 1.54) is 6.42 Å². The van der Waals surface area contributed by atoms with E-state index in [0.717, 1.165) is 25.4 Å². The van der Waals surface area contributed by atoms with Crippen LogP contribution in [0.15, 0.2) is 0 Å². The van der Waals surface area contributed by atoms with Crippen molar-refractivity contribution >= 4 is 31.5 Å². The minimum absolute atomic E-state index is 0.0923. The van der Waals surface area contributed by atoms with Gasteiger partial charge in [-0.3, -0.25) is 0 Å². The van der Waals surface area contributed by atoms with Crippen molar-refractivity contribution in [3.63, 3.8) is 0 Å². The van der Waals surface area contributed by atoms with Gasteiger partial charge in [-0.15, -0.1) is 0 Å². The molecule has 1 aliphatic heterocycles. The third-order valence-electron chi connectivity index (χ3n) is 2.54. The van der Waals surface area contributed by atoms with Gasteiger partial charge in [0.15, 0.2) is 0 Å². The fraction of sp³-hybridized carbons (Fsp3) is 1.00. The first-order valence-electron chi connectivity index (χ1n) is 5.27. The van der Waals surface area contributed by atoms with Crippen molar-refractivity contribution in [2.45, 2.75) is 25.0 Å². The first-order valence-corrected chi connectivity index (χ1v) is 8.80. The Kier molecular flexibility index (Phi) is 5.74. The normalized spacial score (nSPS) is 24.3. The van der Waals surface area contributed by atoms with Crippen molar-refractivity contribution in [3.05, 3.63) is 0 Å². The van der Waals surface area contributed by atoms with Crippen LogP contribution in [0.5, 0.6) is 0 Å². The van der Waals surface area contributed by atoms with Crippen LogP contribution in [0, 0.1) is 0 Å². The van der Waals surface area contributed by atoms with Gasteiger partial charge in [0.2, 0.25) is 9.05 Å². The largest absolute Gasteiger partial charge is 0.301 e. The number of halogens is 1. The fourth-order valence-electron chi connectivity index (χ4n) is 1.69. The van der Waals surface area contributed by atoms with Crippen LogP contribution in [-0.2, 0) is 9.05 Å². The number of thioether (sulfide) groups is 1. The molecule has 0 spiro atoms. The molecule has 6 heteroatoms. The zero-order valence-electron chi connectivity index (χ0n) is 8.99. The zero-order chi connectivity index (χ0) is 11.3. The highest BCUT2D eigenvalue weighted by atomic mass is 35.7. The molecular formula is C9H18ClNO2S2. The highest BCUT2D eigenvalue weighted by Gasteiger charge is 2.18. The average molecular weight is 272 g/mol. The maximum Gasteiger partial charge on any atom is 0.232 e. The number of hydrogen-bond donors (Lipinski definition) is 0. The molecule has 0 aromatic rings. The van der Waals surface area contributed by atoms with E-state index in [4.69, 9.17) is 10.7 Å². The summed E-state index contributed by atoms with van der Waals surface area (Å²) in [7, 11) is 1.85. The van der Waals surface area contributed by atoms with Crippen molar-refractivity contribution in [1.29, 1.82) is 0 Å². The van der Waals surface area contributed by atoms with E-state index in [2.05, 4.69) is 11.8 Å². The Labute approximate surface area is 101 Å². The smallest absolute Gasteiger partial charge is 0.232 e. The highest BCUT2D eigenvalue weighted by molar-refractivity contribution is 8.13. The average Bonchev–Trinajstić information content (AvgIpc) is 2.16. The summed E-state index contributed by atoms with van der Waals surface area (Å²) in [6.07, 6.45) is 1.84. The van der Waals surface area contributed by atoms with E-state index in [1.807, 2.05) is 11.8 Å². The van der Waals surface area contributed by atoms with Gasteiger partial charge in [-0.25, -0.2) is 8.42 Å². The third kappa shape index (κ3) is 6.00. The Bertz CT molecular complexity index is 282. The molecule has 1 fully saturated rings. The second-order valence-electron chi connectivity index (χ2n) is 3.80. The molecule has 0 radical (unpaired) electrons. The Morgan fingerprint density at radius 2 is 2.27 bits per heavy atom. The molecular weight excluding hydrogens is 254 g/mol. The van der Waals surface area contributed by atoms with E-state index < -0.39 is 9.05 Å². The van der Waals surface area contributed by atoms with Crippen molar-refractivity contribution in [3.8, 4) is 0 Å². The summed E-state index contributed by atoms with van der Waals surface area (Å²) in [5, 5.41) is 0.714. The highest BCUT2D eigenvalue weighted by Crippen LogP contribution is 2.21. The topological polar surface area (TPSA) is 37.4 Å². The molecule has 1 aliphatic rings. The van der Waals surface area contributed by atoms with Crippen LogP contribution in [0.2, 0.25) is 0 Å².